The lowest BCUT2D eigenvalue weighted by Gasteiger charge is -2.09. The van der Waals surface area contributed by atoms with Gasteiger partial charge in [-0.25, -0.2) is 0 Å². The minimum Gasteiger partial charge on any atom is -0.354 e. The van der Waals surface area contributed by atoms with Gasteiger partial charge in [0.1, 0.15) is 11.0 Å². The van der Waals surface area contributed by atoms with Gasteiger partial charge in [0.25, 0.3) is 0 Å². The largest absolute Gasteiger partial charge is 0.354 e. The van der Waals surface area contributed by atoms with Crippen LogP contribution in [0.25, 0.3) is 11.0 Å². The number of anilines is 1. The zero-order chi connectivity index (χ0) is 11.7. The molecule has 0 spiro atoms. The third kappa shape index (κ3) is 1.95. The van der Waals surface area contributed by atoms with Gasteiger partial charge in [0.15, 0.2) is 5.96 Å². The van der Waals surface area contributed by atoms with Crippen molar-refractivity contribution in [2.24, 2.45) is 4.99 Å². The maximum Gasteiger partial charge on any atom is 0.195 e. The Bertz CT molecular complexity index is 595. The molecular weight excluding hydrogens is 282 g/mol. The van der Waals surface area contributed by atoms with Crippen molar-refractivity contribution < 1.29 is 0 Å². The smallest absolute Gasteiger partial charge is 0.195 e. The van der Waals surface area contributed by atoms with Crippen LogP contribution in [0, 0.1) is 0 Å². The van der Waals surface area contributed by atoms with Gasteiger partial charge in [-0.15, -0.1) is 0 Å². The van der Waals surface area contributed by atoms with Crippen LogP contribution in [0.1, 0.15) is 0 Å². The molecule has 5 nitrogen and oxygen atoms in total. The predicted octanol–water partition coefficient (Wildman–Crippen LogP) is 1.76. The van der Waals surface area contributed by atoms with E-state index in [-0.39, 0.29) is 0 Å². The second kappa shape index (κ2) is 4.29. The van der Waals surface area contributed by atoms with Gasteiger partial charge in [0.05, 0.1) is 12.2 Å². The van der Waals surface area contributed by atoms with Crippen molar-refractivity contribution >= 4 is 38.6 Å². The highest BCUT2D eigenvalue weighted by atomic mass is 79.9. The molecule has 0 atom stereocenters. The maximum absolute atomic E-state index is 4.35. The first-order valence-corrected chi connectivity index (χ1v) is 6.08. The summed E-state index contributed by atoms with van der Waals surface area (Å²) in [6, 6.07) is 3.92. The van der Waals surface area contributed by atoms with Crippen molar-refractivity contribution in [1.29, 1.82) is 0 Å². The van der Waals surface area contributed by atoms with Crippen molar-refractivity contribution in [2.45, 2.75) is 0 Å². The number of hydrogen-bond acceptors (Lipinski definition) is 5. The molecule has 0 saturated heterocycles. The molecule has 0 fully saturated rings. The first-order valence-electron chi connectivity index (χ1n) is 5.29. The number of aliphatic imine (C=N–C) groups is 1. The fourth-order valence-electron chi connectivity index (χ4n) is 1.73. The molecule has 6 heteroatoms. The van der Waals surface area contributed by atoms with E-state index in [0.717, 1.165) is 40.2 Å². The van der Waals surface area contributed by atoms with Crippen LogP contribution in [0.15, 0.2) is 34.0 Å². The summed E-state index contributed by atoms with van der Waals surface area (Å²) in [6.45, 7) is 1.69. The van der Waals surface area contributed by atoms with Gasteiger partial charge in [0.2, 0.25) is 0 Å². The molecule has 1 aliphatic heterocycles. The van der Waals surface area contributed by atoms with Crippen LogP contribution in [0.3, 0.4) is 0 Å². The van der Waals surface area contributed by atoms with Crippen LogP contribution >= 0.6 is 15.9 Å². The molecule has 1 aromatic carbocycles. The predicted molar refractivity (Wildman–Crippen MR) is 71.2 cm³/mol. The SMILES string of the molecule is Brc1ccc(NC2=NCCN2)c2nccnc12. The summed E-state index contributed by atoms with van der Waals surface area (Å²) < 4.78 is 0.937. The van der Waals surface area contributed by atoms with Gasteiger partial charge in [0, 0.05) is 23.4 Å². The Morgan fingerprint density at radius 2 is 2.00 bits per heavy atom. The number of nitrogens with one attached hydrogen (secondary N) is 2. The van der Waals surface area contributed by atoms with Gasteiger partial charge < -0.3 is 10.6 Å². The summed E-state index contributed by atoms with van der Waals surface area (Å²) >= 11 is 3.47. The number of guanidine groups is 1. The Hall–Kier alpha value is -1.69. The maximum atomic E-state index is 4.35. The number of halogens is 1. The second-order valence-electron chi connectivity index (χ2n) is 3.63. The van der Waals surface area contributed by atoms with E-state index in [4.69, 9.17) is 0 Å². The lowest BCUT2D eigenvalue weighted by atomic mass is 10.2. The van der Waals surface area contributed by atoms with Crippen LogP contribution in [-0.2, 0) is 0 Å². The number of hydrogen-bond donors (Lipinski definition) is 2. The molecule has 0 unspecified atom stereocenters. The van der Waals surface area contributed by atoms with Crippen molar-refractivity contribution in [3.05, 3.63) is 29.0 Å². The highest BCUT2D eigenvalue weighted by Crippen LogP contribution is 2.26. The summed E-state index contributed by atoms with van der Waals surface area (Å²) in [4.78, 5) is 12.9. The number of benzene rings is 1. The minimum absolute atomic E-state index is 0.791. The Balaban J connectivity index is 2.07. The monoisotopic (exact) mass is 291 g/mol. The zero-order valence-electron chi connectivity index (χ0n) is 8.94. The Kier molecular flexibility index (Phi) is 2.64. The molecule has 86 valence electrons. The molecule has 0 amide bonds. The van der Waals surface area contributed by atoms with Crippen molar-refractivity contribution in [3.8, 4) is 0 Å². The molecule has 0 bridgehead atoms. The van der Waals surface area contributed by atoms with E-state index in [0.29, 0.717) is 0 Å². The topological polar surface area (TPSA) is 62.2 Å². The Labute approximate surface area is 107 Å². The normalized spacial score (nSPS) is 14.5. The summed E-state index contributed by atoms with van der Waals surface area (Å²) in [6.07, 6.45) is 3.37. The van der Waals surface area contributed by atoms with Gasteiger partial charge in [-0.2, -0.15) is 0 Å². The third-order valence-corrected chi connectivity index (χ3v) is 3.14. The van der Waals surface area contributed by atoms with E-state index >= 15 is 0 Å². The van der Waals surface area contributed by atoms with E-state index < -0.39 is 0 Å². The molecular formula is C11H10BrN5. The van der Waals surface area contributed by atoms with Gasteiger partial charge >= 0.3 is 0 Å². The second-order valence-corrected chi connectivity index (χ2v) is 4.48. The van der Waals surface area contributed by atoms with Gasteiger partial charge in [-0.3, -0.25) is 15.0 Å². The zero-order valence-corrected chi connectivity index (χ0v) is 10.5. The molecule has 0 radical (unpaired) electrons. The highest BCUT2D eigenvalue weighted by molar-refractivity contribution is 9.10. The molecule has 1 aliphatic rings. The Morgan fingerprint density at radius 3 is 2.76 bits per heavy atom. The molecule has 2 N–H and O–H groups in total. The first kappa shape index (κ1) is 10.5. The van der Waals surface area contributed by atoms with Gasteiger partial charge in [-0.05, 0) is 28.1 Å². The quantitative estimate of drug-likeness (QED) is 0.841. The van der Waals surface area contributed by atoms with E-state index in [2.05, 4.69) is 41.5 Å². The molecule has 0 saturated carbocycles. The van der Waals surface area contributed by atoms with Crippen LogP contribution in [0.2, 0.25) is 0 Å². The van der Waals surface area contributed by atoms with Gasteiger partial charge in [-0.1, -0.05) is 0 Å². The average Bonchev–Trinajstić information content (AvgIpc) is 2.86. The van der Waals surface area contributed by atoms with Crippen molar-refractivity contribution in [1.82, 2.24) is 15.3 Å². The number of aromatic nitrogens is 2. The first-order chi connectivity index (χ1) is 8.34. The minimum atomic E-state index is 0.791. The lowest BCUT2D eigenvalue weighted by Crippen LogP contribution is -2.26. The van der Waals surface area contributed by atoms with Crippen LogP contribution < -0.4 is 10.6 Å². The fourth-order valence-corrected chi connectivity index (χ4v) is 2.16. The van der Waals surface area contributed by atoms with E-state index in [9.17, 15) is 0 Å². The summed E-state index contributed by atoms with van der Waals surface area (Å²) in [5.74, 6) is 0.791. The van der Waals surface area contributed by atoms with Crippen molar-refractivity contribution in [2.75, 3.05) is 18.4 Å². The fraction of sp³-hybridized carbons (Fsp3) is 0.182. The van der Waals surface area contributed by atoms with Crippen molar-refractivity contribution in [3.63, 3.8) is 0 Å². The lowest BCUT2D eigenvalue weighted by molar-refractivity contribution is 0.959. The Morgan fingerprint density at radius 1 is 1.18 bits per heavy atom. The van der Waals surface area contributed by atoms with Crippen LogP contribution in [0.4, 0.5) is 5.69 Å². The van der Waals surface area contributed by atoms with E-state index in [1.54, 1.807) is 12.4 Å². The number of nitrogens with zero attached hydrogens (tertiary/aromatic N) is 3. The van der Waals surface area contributed by atoms with Crippen LogP contribution in [-0.4, -0.2) is 29.0 Å². The van der Waals surface area contributed by atoms with E-state index in [1.807, 2.05) is 12.1 Å². The molecule has 0 aliphatic carbocycles. The standard InChI is InChI=1S/C11H10BrN5/c12-7-1-2-8(17-11-15-5-6-16-11)10-9(7)13-3-4-14-10/h1-4H,5-6H2,(H2,15,16,17). The molecule has 3 rings (SSSR count). The summed E-state index contributed by atoms with van der Waals surface area (Å²) in [5, 5.41) is 6.39. The third-order valence-electron chi connectivity index (χ3n) is 2.50. The molecule has 2 aromatic rings. The molecule has 17 heavy (non-hydrogen) atoms. The molecule has 2 heterocycles. The summed E-state index contributed by atoms with van der Waals surface area (Å²) in [7, 11) is 0. The highest BCUT2D eigenvalue weighted by Gasteiger charge is 2.10. The average molecular weight is 292 g/mol. The molecule has 1 aromatic heterocycles. The van der Waals surface area contributed by atoms with Crippen LogP contribution in [0.5, 0.6) is 0 Å². The van der Waals surface area contributed by atoms with E-state index in [1.165, 1.54) is 0 Å². The summed E-state index contributed by atoms with van der Waals surface area (Å²) in [5.41, 5.74) is 2.58. The number of fused-ring (bicyclic) bond motifs is 1. The number of rotatable bonds is 1.